The molecule has 2 N–H and O–H groups in total. The van der Waals surface area contributed by atoms with E-state index in [1.54, 1.807) is 25.1 Å². The van der Waals surface area contributed by atoms with Gasteiger partial charge < -0.3 is 9.84 Å². The van der Waals surface area contributed by atoms with Crippen LogP contribution in [0, 0.1) is 0 Å². The first-order valence-corrected chi connectivity index (χ1v) is 8.85. The van der Waals surface area contributed by atoms with Crippen molar-refractivity contribution in [3.05, 3.63) is 57.0 Å². The fourth-order valence-corrected chi connectivity index (χ4v) is 3.07. The Morgan fingerprint density at radius 1 is 1.31 bits per heavy atom. The molecule has 6 nitrogen and oxygen atoms in total. The summed E-state index contributed by atoms with van der Waals surface area (Å²) in [5.74, 6) is -1.03. The Morgan fingerprint density at radius 2 is 2.08 bits per heavy atom. The van der Waals surface area contributed by atoms with Gasteiger partial charge in [0.1, 0.15) is 5.57 Å². The Morgan fingerprint density at radius 3 is 2.77 bits per heavy atom. The number of aromatic hydroxyl groups is 1. The van der Waals surface area contributed by atoms with Crippen LogP contribution < -0.4 is 15.2 Å². The van der Waals surface area contributed by atoms with Gasteiger partial charge in [0.15, 0.2) is 11.5 Å². The van der Waals surface area contributed by atoms with Gasteiger partial charge in [-0.3, -0.25) is 15.0 Å². The van der Waals surface area contributed by atoms with Crippen LogP contribution in [0.25, 0.3) is 6.08 Å². The van der Waals surface area contributed by atoms with Crippen LogP contribution in [0.2, 0.25) is 5.02 Å². The third-order valence-electron chi connectivity index (χ3n) is 3.62. The number of halogens is 2. The first-order chi connectivity index (χ1) is 12.4. The molecule has 1 aliphatic heterocycles. The minimum absolute atomic E-state index is 0.0471. The Labute approximate surface area is 163 Å². The maximum absolute atomic E-state index is 12.6. The van der Waals surface area contributed by atoms with Gasteiger partial charge in [0, 0.05) is 4.47 Å². The number of carbonyl (C=O) groups excluding carboxylic acids is 2. The molecule has 2 aromatic rings. The number of rotatable bonds is 4. The molecule has 26 heavy (non-hydrogen) atoms. The van der Waals surface area contributed by atoms with Gasteiger partial charge in [0.05, 0.1) is 17.3 Å². The van der Waals surface area contributed by atoms with Crippen LogP contribution in [0.5, 0.6) is 11.5 Å². The predicted molar refractivity (Wildman–Crippen MR) is 102 cm³/mol. The Balaban J connectivity index is 1.97. The normalized spacial score (nSPS) is 15.5. The number of anilines is 1. The largest absolute Gasteiger partial charge is 0.503 e. The van der Waals surface area contributed by atoms with Gasteiger partial charge in [-0.05, 0) is 48.9 Å². The molecule has 0 bridgehead atoms. The van der Waals surface area contributed by atoms with E-state index in [0.29, 0.717) is 17.9 Å². The Kier molecular flexibility index (Phi) is 5.20. The zero-order valence-electron chi connectivity index (χ0n) is 13.6. The quantitative estimate of drug-likeness (QED) is 0.565. The van der Waals surface area contributed by atoms with E-state index in [-0.39, 0.29) is 22.1 Å². The van der Waals surface area contributed by atoms with E-state index in [0.717, 1.165) is 4.47 Å². The van der Waals surface area contributed by atoms with Crippen LogP contribution in [0.1, 0.15) is 12.5 Å². The fourth-order valence-electron chi connectivity index (χ4n) is 2.46. The maximum Gasteiger partial charge on any atom is 0.282 e. The lowest BCUT2D eigenvalue weighted by atomic mass is 10.1. The van der Waals surface area contributed by atoms with Crippen LogP contribution in [-0.4, -0.2) is 23.5 Å². The highest BCUT2D eigenvalue weighted by atomic mass is 79.9. The van der Waals surface area contributed by atoms with E-state index in [4.69, 9.17) is 16.3 Å². The lowest BCUT2D eigenvalue weighted by molar-refractivity contribution is -0.117. The van der Waals surface area contributed by atoms with E-state index in [1.165, 1.54) is 23.2 Å². The Hall–Kier alpha value is -2.51. The maximum atomic E-state index is 12.6. The van der Waals surface area contributed by atoms with Gasteiger partial charge in [-0.1, -0.05) is 33.6 Å². The van der Waals surface area contributed by atoms with Crippen molar-refractivity contribution in [3.8, 4) is 11.5 Å². The predicted octanol–water partition coefficient (Wildman–Crippen LogP) is 3.67. The number of hydrogen-bond acceptors (Lipinski definition) is 4. The lowest BCUT2D eigenvalue weighted by Crippen LogP contribution is -2.35. The fraction of sp³-hybridized carbons (Fsp3) is 0.111. The van der Waals surface area contributed by atoms with E-state index in [1.807, 2.05) is 6.07 Å². The number of nitrogens with one attached hydrogen (secondary N) is 1. The Bertz CT molecular complexity index is 929. The van der Waals surface area contributed by atoms with Crippen molar-refractivity contribution >= 4 is 51.1 Å². The molecule has 0 spiro atoms. The zero-order valence-corrected chi connectivity index (χ0v) is 16.0. The first-order valence-electron chi connectivity index (χ1n) is 7.68. The molecule has 0 aromatic heterocycles. The summed E-state index contributed by atoms with van der Waals surface area (Å²) in [6.45, 7) is 2.10. The number of benzene rings is 2. The van der Waals surface area contributed by atoms with Gasteiger partial charge in [-0.2, -0.15) is 0 Å². The van der Waals surface area contributed by atoms with Crippen LogP contribution in [0.15, 0.2) is 46.4 Å². The molecule has 1 fully saturated rings. The molecule has 0 aliphatic carbocycles. The minimum Gasteiger partial charge on any atom is -0.503 e. The number of ether oxygens (including phenoxy) is 1. The number of phenols is 1. The molecule has 0 saturated carbocycles. The standard InChI is InChI=1S/C18H14BrClN2O4/c1-2-26-15-8-10(7-14(20)16(15)23)6-13-17(24)21-22(18(13)25)12-5-3-4-11(19)9-12/h3-9,23H,2H2,1H3,(H,21,24)/b13-6-. The van der Waals surface area contributed by atoms with Crippen molar-refractivity contribution in [2.75, 3.05) is 11.6 Å². The van der Waals surface area contributed by atoms with Crippen molar-refractivity contribution < 1.29 is 19.4 Å². The third-order valence-corrected chi connectivity index (χ3v) is 4.40. The van der Waals surface area contributed by atoms with Crippen LogP contribution in [0.3, 0.4) is 0 Å². The smallest absolute Gasteiger partial charge is 0.282 e. The van der Waals surface area contributed by atoms with Gasteiger partial charge >= 0.3 is 0 Å². The molecule has 2 amide bonds. The van der Waals surface area contributed by atoms with E-state index < -0.39 is 11.8 Å². The highest BCUT2D eigenvalue weighted by Crippen LogP contribution is 2.36. The number of hydrazine groups is 1. The van der Waals surface area contributed by atoms with Crippen molar-refractivity contribution in [1.82, 2.24) is 5.43 Å². The van der Waals surface area contributed by atoms with Crippen LogP contribution in [-0.2, 0) is 9.59 Å². The molecule has 1 aliphatic rings. The van der Waals surface area contributed by atoms with E-state index >= 15 is 0 Å². The zero-order chi connectivity index (χ0) is 18.8. The molecular weight excluding hydrogens is 424 g/mol. The summed E-state index contributed by atoms with van der Waals surface area (Å²) in [6.07, 6.45) is 1.41. The summed E-state index contributed by atoms with van der Waals surface area (Å²) in [4.78, 5) is 24.9. The molecule has 1 heterocycles. The molecule has 1 saturated heterocycles. The average molecular weight is 438 g/mol. The van der Waals surface area contributed by atoms with Gasteiger partial charge in [-0.15, -0.1) is 0 Å². The van der Waals surface area contributed by atoms with Crippen molar-refractivity contribution in [2.24, 2.45) is 0 Å². The average Bonchev–Trinajstić information content (AvgIpc) is 2.87. The summed E-state index contributed by atoms with van der Waals surface area (Å²) < 4.78 is 6.09. The second-order valence-corrected chi connectivity index (χ2v) is 6.72. The topological polar surface area (TPSA) is 78.9 Å². The molecule has 2 aromatic carbocycles. The number of phenolic OH excluding ortho intramolecular Hbond substituents is 1. The van der Waals surface area contributed by atoms with Crippen molar-refractivity contribution in [2.45, 2.75) is 6.92 Å². The number of nitrogens with zero attached hydrogens (tertiary/aromatic N) is 1. The first kappa shape index (κ1) is 18.3. The minimum atomic E-state index is -0.530. The van der Waals surface area contributed by atoms with Gasteiger partial charge in [0.25, 0.3) is 11.8 Å². The molecule has 0 unspecified atom stereocenters. The molecule has 8 heteroatoms. The summed E-state index contributed by atoms with van der Waals surface area (Å²) in [6, 6.07) is 9.96. The van der Waals surface area contributed by atoms with E-state index in [9.17, 15) is 14.7 Å². The highest BCUT2D eigenvalue weighted by molar-refractivity contribution is 9.10. The second-order valence-electron chi connectivity index (χ2n) is 5.40. The molecule has 134 valence electrons. The number of amides is 2. The van der Waals surface area contributed by atoms with Crippen LogP contribution >= 0.6 is 27.5 Å². The van der Waals surface area contributed by atoms with Gasteiger partial charge in [-0.25, -0.2) is 5.01 Å². The summed E-state index contributed by atoms with van der Waals surface area (Å²) in [5, 5.41) is 11.1. The molecule has 0 radical (unpaired) electrons. The third kappa shape index (κ3) is 3.54. The highest BCUT2D eigenvalue weighted by Gasteiger charge is 2.34. The summed E-state index contributed by atoms with van der Waals surface area (Å²) in [7, 11) is 0. The van der Waals surface area contributed by atoms with Gasteiger partial charge in [0.2, 0.25) is 0 Å². The van der Waals surface area contributed by atoms with Crippen LogP contribution in [0.4, 0.5) is 5.69 Å². The molecule has 3 rings (SSSR count). The summed E-state index contributed by atoms with van der Waals surface area (Å²) in [5.41, 5.74) is 3.47. The molecule has 0 atom stereocenters. The lowest BCUT2D eigenvalue weighted by Gasteiger charge is -2.14. The van der Waals surface area contributed by atoms with E-state index in [2.05, 4.69) is 21.4 Å². The van der Waals surface area contributed by atoms with Crippen molar-refractivity contribution in [1.29, 1.82) is 0 Å². The molecular formula is C18H14BrClN2O4. The SMILES string of the molecule is CCOc1cc(/C=C2/C(=O)NN(c3cccc(Br)c3)C2=O)cc(Cl)c1O. The second kappa shape index (κ2) is 7.39. The summed E-state index contributed by atoms with van der Waals surface area (Å²) >= 11 is 9.33. The number of hydrogen-bond donors (Lipinski definition) is 2. The van der Waals surface area contributed by atoms with Crippen molar-refractivity contribution in [3.63, 3.8) is 0 Å². The monoisotopic (exact) mass is 436 g/mol. The number of carbonyl (C=O) groups is 2.